The fourth-order valence-electron chi connectivity index (χ4n) is 0. The lowest BCUT2D eigenvalue weighted by Crippen LogP contribution is -1.79. The van der Waals surface area contributed by atoms with Gasteiger partial charge in [-0.2, -0.15) is 0 Å². The first-order valence-electron chi connectivity index (χ1n) is 8.10. The highest BCUT2D eigenvalue weighted by Gasteiger charge is 1.57. The van der Waals surface area contributed by atoms with Gasteiger partial charge in [0.1, 0.15) is 13.1 Å². The van der Waals surface area contributed by atoms with Crippen LogP contribution in [-0.4, -0.2) is 50.7 Å². The Bertz CT molecular complexity index is 133. The lowest BCUT2D eigenvalue weighted by molar-refractivity contribution is -0.445. The average molecular weight is 380 g/mol. The molecule has 5 N–H and O–H groups in total. The van der Waals surface area contributed by atoms with E-state index in [0.717, 1.165) is 13.3 Å². The maximum atomic E-state index is 9.17. The summed E-state index contributed by atoms with van der Waals surface area (Å²) in [6, 6.07) is 0. The molecule has 0 fully saturated rings. The van der Waals surface area contributed by atoms with Crippen molar-refractivity contribution in [2.45, 2.75) is 68.7 Å². The maximum absolute atomic E-state index is 9.17. The molecule has 0 saturated heterocycles. The lowest BCUT2D eigenvalue weighted by atomic mass is 10.6. The van der Waals surface area contributed by atoms with Gasteiger partial charge in [0.05, 0.1) is 0 Å². The monoisotopic (exact) mass is 379 g/mol. The number of rotatable bonds is 1. The third kappa shape index (κ3) is 11800. The molecule has 0 heterocycles. The number of aldehydes is 1. The van der Waals surface area contributed by atoms with Crippen LogP contribution in [0.25, 0.3) is 0 Å². The Kier molecular flexibility index (Phi) is 1520. The number of carboxylic acid groups (broad SMARTS) is 1. The number of carbonyl (C=O) groups is 3. The number of nitro groups is 1. The van der Waals surface area contributed by atoms with Crippen LogP contribution in [-0.2, 0) is 14.4 Å². The minimum absolute atomic E-state index is 0. The highest BCUT2D eigenvalue weighted by molar-refractivity contribution is 5.48. The van der Waals surface area contributed by atoms with Gasteiger partial charge in [-0.15, -0.1) is 0 Å². The van der Waals surface area contributed by atoms with Gasteiger partial charge in [-0.3, -0.25) is 14.9 Å². The summed E-state index contributed by atoms with van der Waals surface area (Å²) in [5.74, 6) is 0. The molecule has 0 aliphatic heterocycles. The Morgan fingerprint density at radius 1 is 0.920 bits per heavy atom. The summed E-state index contributed by atoms with van der Waals surface area (Å²) in [6.07, 6.45) is 1.51. The van der Waals surface area contributed by atoms with Gasteiger partial charge < -0.3 is 26.2 Å². The van der Waals surface area contributed by atoms with Gasteiger partial charge in [-0.05, 0) is 14.1 Å². The molecule has 0 atom stereocenters. The molecule has 0 aromatic carbocycles. The largest absolute Gasteiger partial charge is 0.483 e. The van der Waals surface area contributed by atoms with Crippen LogP contribution in [0.15, 0.2) is 0 Å². The minimum Gasteiger partial charge on any atom is -0.483 e. The van der Waals surface area contributed by atoms with Crippen molar-refractivity contribution < 1.29 is 25.8 Å². The van der Waals surface area contributed by atoms with E-state index >= 15 is 0 Å². The molecule has 0 radical (unpaired) electrons. The summed E-state index contributed by atoms with van der Waals surface area (Å²) in [5, 5.41) is 15.7. The molecule has 0 aromatic rings. The third-order valence-corrected chi connectivity index (χ3v) is 0.167. The summed E-state index contributed by atoms with van der Waals surface area (Å²) >= 11 is 0. The summed E-state index contributed by atoms with van der Waals surface area (Å²) in [7, 11) is 3.89. The van der Waals surface area contributed by atoms with Gasteiger partial charge in [0.25, 0.3) is 6.47 Å². The van der Waals surface area contributed by atoms with Crippen molar-refractivity contribution in [2.24, 2.45) is 11.5 Å². The number of carbonyl (C=O) groups excluding carboxylic acids is 2. The fourth-order valence-corrected chi connectivity index (χ4v) is 0. The van der Waals surface area contributed by atoms with Gasteiger partial charge in [0.15, 0.2) is 7.05 Å². The zero-order chi connectivity index (χ0) is 23.7. The van der Waals surface area contributed by atoms with E-state index in [1.165, 1.54) is 14.1 Å². The van der Waals surface area contributed by atoms with E-state index in [9.17, 15) is 4.79 Å². The number of hydrogen-bond acceptors (Lipinski definition) is 7. The van der Waals surface area contributed by atoms with E-state index in [4.69, 9.17) is 24.8 Å². The van der Waals surface area contributed by atoms with E-state index < -0.39 is 4.92 Å². The zero-order valence-corrected chi connectivity index (χ0v) is 18.7. The summed E-state index contributed by atoms with van der Waals surface area (Å²) in [4.78, 5) is 33.8. The van der Waals surface area contributed by atoms with Gasteiger partial charge in [0, 0.05) is 12.8 Å². The minimum atomic E-state index is -0.500. The van der Waals surface area contributed by atoms with Crippen LogP contribution in [0.3, 0.4) is 0 Å². The molecule has 0 aliphatic carbocycles. The normalized spacial score (nSPS) is 4.08. The molecule has 0 saturated carbocycles. The molecule has 0 amide bonds. The lowest BCUT2D eigenvalue weighted by Gasteiger charge is -1.63. The SMILES string of the molecule is C=O.CC.CC.CC.CC.CCC=O.CN.CN.C[N+](=O)[O-].O=CO.[HH]. The molecule has 9 heteroatoms. The second kappa shape index (κ2) is 579. The highest BCUT2D eigenvalue weighted by Crippen LogP contribution is 1.53. The second-order valence-corrected chi connectivity index (χ2v) is 1.12. The summed E-state index contributed by atoms with van der Waals surface area (Å²) in [5.41, 5.74) is 9.00. The van der Waals surface area contributed by atoms with Gasteiger partial charge >= 0.3 is 0 Å². The first kappa shape index (κ1) is 65.7. The Balaban J connectivity index is -0.0000000109. The third-order valence-electron chi connectivity index (χ3n) is 0.167. The van der Waals surface area contributed by atoms with Crippen LogP contribution in [0.4, 0.5) is 0 Å². The van der Waals surface area contributed by atoms with Crippen molar-refractivity contribution in [3.05, 3.63) is 10.1 Å². The molecule has 0 bridgehead atoms. The van der Waals surface area contributed by atoms with Gasteiger partial charge in [0.2, 0.25) is 0 Å². The maximum Gasteiger partial charge on any atom is 0.290 e. The molecular weight excluding hydrogens is 330 g/mol. The second-order valence-electron chi connectivity index (χ2n) is 1.12. The Morgan fingerprint density at radius 2 is 0.960 bits per heavy atom. The molecule has 0 spiro atoms. The molecule has 0 rings (SSSR count). The van der Waals surface area contributed by atoms with Crippen LogP contribution < -0.4 is 11.5 Å². The predicted molar refractivity (Wildman–Crippen MR) is 113 cm³/mol. The molecule has 164 valence electrons. The van der Waals surface area contributed by atoms with Crippen LogP contribution >= 0.6 is 0 Å². The molecule has 0 unspecified atom stereocenters. The van der Waals surface area contributed by atoms with Crippen molar-refractivity contribution in [3.8, 4) is 0 Å². The number of hydrogen-bond donors (Lipinski definition) is 3. The highest BCUT2D eigenvalue weighted by atomic mass is 16.6. The average Bonchev–Trinajstić information content (AvgIpc) is 2.72. The van der Waals surface area contributed by atoms with Crippen molar-refractivity contribution in [1.82, 2.24) is 0 Å². The van der Waals surface area contributed by atoms with Crippen LogP contribution in [0.2, 0.25) is 0 Å². The van der Waals surface area contributed by atoms with E-state index in [2.05, 4.69) is 11.5 Å². The smallest absolute Gasteiger partial charge is 0.290 e. The van der Waals surface area contributed by atoms with Crippen LogP contribution in [0, 0.1) is 10.1 Å². The zero-order valence-electron chi connectivity index (χ0n) is 18.7. The Hall–Kier alpha value is -1.87. The number of nitrogens with two attached hydrogens (primary N) is 2. The Labute approximate surface area is 157 Å². The molecule has 9 nitrogen and oxygen atoms in total. The quantitative estimate of drug-likeness (QED) is 0.353. The fraction of sp³-hybridized carbons (Fsp3) is 0.812. The van der Waals surface area contributed by atoms with E-state index in [1.807, 2.05) is 69.1 Å². The summed E-state index contributed by atoms with van der Waals surface area (Å²) in [6.45, 7) is 19.6. The van der Waals surface area contributed by atoms with Crippen LogP contribution in [0.5, 0.6) is 0 Å². The summed E-state index contributed by atoms with van der Waals surface area (Å²) < 4.78 is 0. The molecule has 0 aromatic heterocycles. The predicted octanol–water partition coefficient (Wildman–Crippen LogP) is 3.50. The van der Waals surface area contributed by atoms with Crippen molar-refractivity contribution >= 4 is 19.5 Å². The first-order chi connectivity index (χ1) is 12.1. The molecular formula is C16H49N3O6. The van der Waals surface area contributed by atoms with E-state index in [-0.39, 0.29) is 7.90 Å². The van der Waals surface area contributed by atoms with Crippen molar-refractivity contribution in [1.29, 1.82) is 0 Å². The van der Waals surface area contributed by atoms with Gasteiger partial charge in [-0.25, -0.2) is 0 Å². The standard InChI is InChI=1S/C3H6O.4C2H6.CH3NO2.2CH5N.CH2O2.CH2O.H2/c1-2-3-4;4*1-2;1-2(3)4;2*1-2;2-1-3;1-2;/h3H,2H2,1H3;4*1-2H3;1H3;2*2H2,1H3;1H,(H,2,3);1H2;1H. The van der Waals surface area contributed by atoms with Crippen LogP contribution in [0.1, 0.15) is 70.2 Å². The van der Waals surface area contributed by atoms with Crippen molar-refractivity contribution in [2.75, 3.05) is 21.1 Å². The molecule has 25 heavy (non-hydrogen) atoms. The topological polar surface area (TPSA) is 167 Å². The van der Waals surface area contributed by atoms with E-state index in [1.54, 1.807) is 0 Å². The van der Waals surface area contributed by atoms with Gasteiger partial charge in [-0.1, -0.05) is 62.3 Å². The number of nitrogens with zero attached hydrogens (tertiary/aromatic N) is 1. The van der Waals surface area contributed by atoms with E-state index in [0.29, 0.717) is 6.42 Å². The first-order valence-corrected chi connectivity index (χ1v) is 8.10. The molecule has 0 aliphatic rings. The Morgan fingerprint density at radius 3 is 0.960 bits per heavy atom. The van der Waals surface area contributed by atoms with Crippen molar-refractivity contribution in [3.63, 3.8) is 0 Å².